The average Bonchev–Trinajstić information content (AvgIpc) is 3.07. The molecule has 2 aromatic rings. The van der Waals surface area contributed by atoms with Gasteiger partial charge in [0.1, 0.15) is 5.00 Å². The molecule has 8 heteroatoms. The van der Waals surface area contributed by atoms with Crippen LogP contribution in [0.3, 0.4) is 0 Å². The van der Waals surface area contributed by atoms with Crippen LogP contribution in [0.1, 0.15) is 62.4 Å². The highest BCUT2D eigenvalue weighted by molar-refractivity contribution is 7.18. The zero-order valence-electron chi connectivity index (χ0n) is 14.9. The van der Waals surface area contributed by atoms with Crippen LogP contribution in [0, 0.1) is 13.8 Å². The third-order valence-corrected chi connectivity index (χ3v) is 5.00. The van der Waals surface area contributed by atoms with Gasteiger partial charge >= 0.3 is 5.97 Å². The van der Waals surface area contributed by atoms with Crippen molar-refractivity contribution >= 4 is 34.0 Å². The van der Waals surface area contributed by atoms with Crippen molar-refractivity contribution in [3.63, 3.8) is 0 Å². The molecule has 1 N–H and O–H groups in total. The van der Waals surface area contributed by atoms with Crippen LogP contribution in [0.15, 0.2) is 6.20 Å². The number of thiophene rings is 1. The molecule has 0 unspecified atom stereocenters. The Balaban J connectivity index is 2.42. The molecule has 25 heavy (non-hydrogen) atoms. The molecule has 0 aromatic carbocycles. The highest BCUT2D eigenvalue weighted by Gasteiger charge is 2.26. The van der Waals surface area contributed by atoms with Gasteiger partial charge in [0.15, 0.2) is 5.78 Å². The molecule has 0 fully saturated rings. The Labute approximate surface area is 150 Å². The molecule has 134 valence electrons. The number of aromatic nitrogens is 2. The minimum absolute atomic E-state index is 0.163. The highest BCUT2D eigenvalue weighted by Crippen LogP contribution is 2.34. The summed E-state index contributed by atoms with van der Waals surface area (Å²) in [5.41, 5.74) is 1.77. The second-order valence-electron chi connectivity index (χ2n) is 5.47. The van der Waals surface area contributed by atoms with Crippen LogP contribution in [0.25, 0.3) is 0 Å². The number of rotatable bonds is 6. The van der Waals surface area contributed by atoms with Crippen LogP contribution in [0.5, 0.6) is 0 Å². The van der Waals surface area contributed by atoms with Gasteiger partial charge in [0.25, 0.3) is 5.91 Å². The maximum Gasteiger partial charge on any atom is 0.341 e. The van der Waals surface area contributed by atoms with Crippen molar-refractivity contribution in [2.24, 2.45) is 0 Å². The summed E-state index contributed by atoms with van der Waals surface area (Å²) < 4.78 is 6.73. The number of aryl methyl sites for hydroxylation is 2. The largest absolute Gasteiger partial charge is 0.462 e. The van der Waals surface area contributed by atoms with E-state index in [-0.39, 0.29) is 23.9 Å². The van der Waals surface area contributed by atoms with E-state index in [0.717, 1.165) is 11.3 Å². The quantitative estimate of drug-likeness (QED) is 0.629. The third kappa shape index (κ3) is 3.79. The summed E-state index contributed by atoms with van der Waals surface area (Å²) in [6.07, 6.45) is 1.65. The number of hydrogen-bond donors (Lipinski definition) is 1. The second-order valence-corrected chi connectivity index (χ2v) is 6.50. The topological polar surface area (TPSA) is 90.3 Å². The third-order valence-electron chi connectivity index (χ3n) is 3.69. The minimum Gasteiger partial charge on any atom is -0.462 e. The van der Waals surface area contributed by atoms with E-state index in [9.17, 15) is 14.4 Å². The molecule has 0 spiro atoms. The zero-order valence-corrected chi connectivity index (χ0v) is 15.7. The van der Waals surface area contributed by atoms with Crippen molar-refractivity contribution < 1.29 is 19.1 Å². The molecule has 0 saturated carbocycles. The van der Waals surface area contributed by atoms with Crippen molar-refractivity contribution in [3.8, 4) is 0 Å². The number of nitrogens with zero attached hydrogens (tertiary/aromatic N) is 2. The number of carbonyl (C=O) groups is 3. The second kappa shape index (κ2) is 7.60. The Morgan fingerprint density at radius 1 is 1.28 bits per heavy atom. The molecule has 2 aromatic heterocycles. The number of Topliss-reactive ketones (excluding diaryl/α,β-unsaturated/α-hetero) is 1. The number of esters is 1. The first-order valence-electron chi connectivity index (χ1n) is 7.96. The van der Waals surface area contributed by atoms with Crippen molar-refractivity contribution in [2.45, 2.75) is 41.2 Å². The van der Waals surface area contributed by atoms with Crippen molar-refractivity contribution in [1.82, 2.24) is 9.78 Å². The number of anilines is 1. The molecule has 1 amide bonds. The van der Waals surface area contributed by atoms with E-state index < -0.39 is 5.97 Å². The van der Waals surface area contributed by atoms with Gasteiger partial charge in [-0.05, 0) is 40.2 Å². The number of amides is 1. The first-order chi connectivity index (χ1) is 11.8. The van der Waals surface area contributed by atoms with Gasteiger partial charge in [-0.15, -0.1) is 11.3 Å². The summed E-state index contributed by atoms with van der Waals surface area (Å²) in [4.78, 5) is 37.1. The smallest absolute Gasteiger partial charge is 0.341 e. The van der Waals surface area contributed by atoms with E-state index in [0.29, 0.717) is 33.2 Å². The summed E-state index contributed by atoms with van der Waals surface area (Å²) in [5.74, 6) is -1.09. The average molecular weight is 363 g/mol. The molecule has 0 aliphatic carbocycles. The van der Waals surface area contributed by atoms with Crippen LogP contribution >= 0.6 is 11.3 Å². The van der Waals surface area contributed by atoms with Crippen LogP contribution < -0.4 is 5.32 Å². The number of hydrogen-bond acceptors (Lipinski definition) is 6. The molecular formula is C17H21N3O4S. The maximum absolute atomic E-state index is 12.6. The van der Waals surface area contributed by atoms with Gasteiger partial charge in [-0.1, -0.05) is 0 Å². The highest BCUT2D eigenvalue weighted by atomic mass is 32.1. The minimum atomic E-state index is -0.556. The Bertz CT molecular complexity index is 835. The van der Waals surface area contributed by atoms with Crippen molar-refractivity contribution in [3.05, 3.63) is 33.5 Å². The fraction of sp³-hybridized carbons (Fsp3) is 0.412. The van der Waals surface area contributed by atoms with Gasteiger partial charge < -0.3 is 10.1 Å². The summed E-state index contributed by atoms with van der Waals surface area (Å²) in [6.45, 7) is 9.33. The fourth-order valence-electron chi connectivity index (χ4n) is 2.46. The monoisotopic (exact) mass is 363 g/mol. The number of ether oxygens (including phenoxy) is 1. The lowest BCUT2D eigenvalue weighted by Gasteiger charge is -2.06. The molecule has 0 atom stereocenters. The van der Waals surface area contributed by atoms with Gasteiger partial charge in [-0.25, -0.2) is 4.79 Å². The van der Waals surface area contributed by atoms with Crippen LogP contribution in [-0.4, -0.2) is 34.0 Å². The summed E-state index contributed by atoms with van der Waals surface area (Å²) in [7, 11) is 0. The van der Waals surface area contributed by atoms with Crippen molar-refractivity contribution in [2.75, 3.05) is 11.9 Å². The van der Waals surface area contributed by atoms with E-state index in [4.69, 9.17) is 4.74 Å². The number of ketones is 1. The molecule has 7 nitrogen and oxygen atoms in total. The predicted molar refractivity (Wildman–Crippen MR) is 95.6 cm³/mol. The van der Waals surface area contributed by atoms with Gasteiger partial charge in [-0.3, -0.25) is 14.3 Å². The first-order valence-corrected chi connectivity index (χ1v) is 8.78. The van der Waals surface area contributed by atoms with Crippen LogP contribution in [0.4, 0.5) is 5.00 Å². The van der Waals surface area contributed by atoms with E-state index in [1.54, 1.807) is 31.6 Å². The molecule has 0 bridgehead atoms. The first kappa shape index (κ1) is 18.9. The lowest BCUT2D eigenvalue weighted by molar-refractivity contribution is 0.0527. The summed E-state index contributed by atoms with van der Waals surface area (Å²) in [5, 5.41) is 7.29. The van der Waals surface area contributed by atoms with E-state index in [2.05, 4.69) is 10.4 Å². The lowest BCUT2D eigenvalue weighted by atomic mass is 10.1. The van der Waals surface area contributed by atoms with Gasteiger partial charge in [0, 0.05) is 12.7 Å². The Morgan fingerprint density at radius 2 is 1.96 bits per heavy atom. The summed E-state index contributed by atoms with van der Waals surface area (Å²) >= 11 is 1.08. The summed E-state index contributed by atoms with van der Waals surface area (Å²) in [6, 6.07) is 0. The number of carbonyl (C=O) groups excluding carboxylic acids is 3. The Kier molecular flexibility index (Phi) is 5.73. The Morgan fingerprint density at radius 3 is 2.48 bits per heavy atom. The zero-order chi connectivity index (χ0) is 18.7. The van der Waals surface area contributed by atoms with Gasteiger partial charge in [0.2, 0.25) is 0 Å². The normalized spacial score (nSPS) is 10.6. The standard InChI is InChI=1S/C17H21N3O4S/c1-6-20-8-12(10(4)19-20)15(22)18-16-13(17(23)24-7-2)9(3)14(25-16)11(5)21/h8H,6-7H2,1-5H3,(H,18,22). The molecular weight excluding hydrogens is 342 g/mol. The molecule has 0 saturated heterocycles. The number of nitrogens with one attached hydrogen (secondary N) is 1. The van der Waals surface area contributed by atoms with Crippen molar-refractivity contribution in [1.29, 1.82) is 0 Å². The molecule has 2 heterocycles. The van der Waals surface area contributed by atoms with Gasteiger partial charge in [0.05, 0.1) is 28.3 Å². The SMILES string of the molecule is CCOC(=O)c1c(NC(=O)c2cn(CC)nc2C)sc(C(C)=O)c1C. The van der Waals surface area contributed by atoms with Crippen LogP contribution in [0.2, 0.25) is 0 Å². The molecule has 0 radical (unpaired) electrons. The van der Waals surface area contributed by atoms with E-state index in [1.165, 1.54) is 6.92 Å². The lowest BCUT2D eigenvalue weighted by Crippen LogP contribution is -2.15. The van der Waals surface area contributed by atoms with Gasteiger partial charge in [-0.2, -0.15) is 5.10 Å². The van der Waals surface area contributed by atoms with E-state index >= 15 is 0 Å². The molecule has 0 aliphatic rings. The predicted octanol–water partition coefficient (Wildman–Crippen LogP) is 3.21. The van der Waals surface area contributed by atoms with Crippen LogP contribution in [-0.2, 0) is 11.3 Å². The molecule has 2 rings (SSSR count). The fourth-order valence-corrected chi connectivity index (χ4v) is 3.54. The van der Waals surface area contributed by atoms with E-state index in [1.807, 2.05) is 6.92 Å². The Hall–Kier alpha value is -2.48. The maximum atomic E-state index is 12.6. The molecule has 0 aliphatic heterocycles.